The van der Waals surface area contributed by atoms with E-state index in [1.165, 1.54) is 13.0 Å². The van der Waals surface area contributed by atoms with Gasteiger partial charge in [0, 0.05) is 11.1 Å². The highest BCUT2D eigenvalue weighted by molar-refractivity contribution is 5.78. The Morgan fingerprint density at radius 2 is 1.50 bits per heavy atom. The quantitative estimate of drug-likeness (QED) is 0.332. The minimum absolute atomic E-state index is 0.112. The number of halogens is 4. The fourth-order valence-electron chi connectivity index (χ4n) is 4.84. The van der Waals surface area contributed by atoms with E-state index in [-0.39, 0.29) is 16.7 Å². The molecule has 0 unspecified atom stereocenters. The fourth-order valence-corrected chi connectivity index (χ4v) is 4.84. The summed E-state index contributed by atoms with van der Waals surface area (Å²) < 4.78 is 58.0. The molecule has 0 spiro atoms. The largest absolute Gasteiger partial charge is 0.203 e. The summed E-state index contributed by atoms with van der Waals surface area (Å²) in [6.45, 7) is 5.33. The lowest BCUT2D eigenvalue weighted by atomic mass is 9.79. The molecule has 2 aromatic rings. The van der Waals surface area contributed by atoms with Crippen molar-refractivity contribution in [3.63, 3.8) is 0 Å². The Kier molecular flexibility index (Phi) is 5.07. The maximum atomic E-state index is 14.8. The predicted octanol–water partition coefficient (Wildman–Crippen LogP) is 7.05. The molecule has 28 heavy (non-hydrogen) atoms. The topological polar surface area (TPSA) is 0 Å². The van der Waals surface area contributed by atoms with Crippen LogP contribution in [0, 0.1) is 42.0 Å². The number of aryl methyl sites for hydroxylation is 2. The third-order valence-electron chi connectivity index (χ3n) is 6.51. The van der Waals surface area contributed by atoms with Crippen LogP contribution in [0.1, 0.15) is 54.4 Å². The molecule has 0 heterocycles. The van der Waals surface area contributed by atoms with Gasteiger partial charge in [0.05, 0.1) is 0 Å². The zero-order valence-electron chi connectivity index (χ0n) is 16.1. The molecule has 0 N–H and O–H groups in total. The molecule has 148 valence electrons. The average Bonchev–Trinajstić information content (AvgIpc) is 3.06. The van der Waals surface area contributed by atoms with Crippen LogP contribution in [0.15, 0.2) is 24.8 Å². The van der Waals surface area contributed by atoms with E-state index in [2.05, 4.69) is 6.58 Å². The molecule has 4 heteroatoms. The lowest BCUT2D eigenvalue weighted by Gasteiger charge is -2.26. The summed E-state index contributed by atoms with van der Waals surface area (Å²) in [5.41, 5.74) is 1.35. The number of benzene rings is 2. The molecule has 0 saturated heterocycles. The Morgan fingerprint density at radius 1 is 0.893 bits per heavy atom. The monoisotopic (exact) mass is 388 g/mol. The van der Waals surface area contributed by atoms with Crippen LogP contribution in [0.5, 0.6) is 0 Å². The molecule has 0 aromatic heterocycles. The Balaban J connectivity index is 1.59. The first-order valence-corrected chi connectivity index (χ1v) is 10.0. The van der Waals surface area contributed by atoms with Gasteiger partial charge in [-0.3, -0.25) is 0 Å². The number of hydrogen-bond acceptors (Lipinski definition) is 0. The van der Waals surface area contributed by atoms with Crippen molar-refractivity contribution in [2.45, 2.75) is 51.9 Å². The minimum atomic E-state index is -1.08. The van der Waals surface area contributed by atoms with Gasteiger partial charge in [0.25, 0.3) is 0 Å². The van der Waals surface area contributed by atoms with Gasteiger partial charge in [-0.25, -0.2) is 17.6 Å². The van der Waals surface area contributed by atoms with E-state index in [1.54, 1.807) is 6.07 Å². The van der Waals surface area contributed by atoms with Crippen molar-refractivity contribution in [2.75, 3.05) is 0 Å². The van der Waals surface area contributed by atoms with Crippen LogP contribution in [0.4, 0.5) is 17.6 Å². The van der Waals surface area contributed by atoms with Gasteiger partial charge in [0.1, 0.15) is 0 Å². The third kappa shape index (κ3) is 3.17. The van der Waals surface area contributed by atoms with Crippen LogP contribution in [-0.2, 0) is 12.8 Å². The molecule has 0 nitrogen and oxygen atoms in total. The highest BCUT2D eigenvalue weighted by Gasteiger charge is 2.31. The molecular weight excluding hydrogens is 364 g/mol. The molecule has 0 radical (unpaired) electrons. The Bertz CT molecular complexity index is 937. The van der Waals surface area contributed by atoms with Crippen LogP contribution >= 0.6 is 0 Å². The van der Waals surface area contributed by atoms with Crippen molar-refractivity contribution < 1.29 is 17.6 Å². The summed E-state index contributed by atoms with van der Waals surface area (Å²) in [7, 11) is 0. The summed E-state index contributed by atoms with van der Waals surface area (Å²) in [6.07, 6.45) is 7.97. The van der Waals surface area contributed by atoms with E-state index in [4.69, 9.17) is 0 Å². The Hall–Kier alpha value is -2.10. The second-order valence-electron chi connectivity index (χ2n) is 8.29. The first-order chi connectivity index (χ1) is 13.4. The standard InChI is InChI=1S/C24H24F4/c1-3-14-4-6-15(7-5-14)8-9-16-11-18-12-17-10-13(2)21(25)23(27)19(17)20(18)24(28)22(16)26/h3,10-11,14-15H,1,4-9,12H2,2H3. The minimum Gasteiger partial charge on any atom is -0.203 e. The number of allylic oxidation sites excluding steroid dienone is 1. The molecule has 1 fully saturated rings. The molecule has 2 aromatic carbocycles. The van der Waals surface area contributed by atoms with E-state index in [1.807, 2.05) is 6.08 Å². The highest BCUT2D eigenvalue weighted by Crippen LogP contribution is 2.43. The van der Waals surface area contributed by atoms with Crippen molar-refractivity contribution in [3.05, 3.63) is 70.3 Å². The van der Waals surface area contributed by atoms with Gasteiger partial charge in [-0.05, 0) is 86.0 Å². The number of fused-ring (bicyclic) bond motifs is 3. The molecule has 0 amide bonds. The molecular formula is C24H24F4. The predicted molar refractivity (Wildman–Crippen MR) is 103 cm³/mol. The van der Waals surface area contributed by atoms with Gasteiger partial charge >= 0.3 is 0 Å². The van der Waals surface area contributed by atoms with Crippen LogP contribution in [0.25, 0.3) is 11.1 Å². The first-order valence-electron chi connectivity index (χ1n) is 10.0. The smallest absolute Gasteiger partial charge is 0.167 e. The molecule has 0 bridgehead atoms. The van der Waals surface area contributed by atoms with Gasteiger partial charge in [-0.1, -0.05) is 18.2 Å². The van der Waals surface area contributed by atoms with Gasteiger partial charge < -0.3 is 0 Å². The second kappa shape index (κ2) is 7.38. The molecule has 0 atom stereocenters. The molecule has 2 aliphatic rings. The summed E-state index contributed by atoms with van der Waals surface area (Å²) in [5, 5.41) is 0. The van der Waals surface area contributed by atoms with E-state index in [0.29, 0.717) is 41.4 Å². The normalized spacial score (nSPS) is 20.8. The van der Waals surface area contributed by atoms with Gasteiger partial charge in [-0.15, -0.1) is 6.58 Å². The lowest BCUT2D eigenvalue weighted by molar-refractivity contribution is 0.295. The molecule has 1 saturated carbocycles. The van der Waals surface area contributed by atoms with Crippen molar-refractivity contribution in [1.82, 2.24) is 0 Å². The Morgan fingerprint density at radius 3 is 2.14 bits per heavy atom. The van der Waals surface area contributed by atoms with E-state index >= 15 is 0 Å². The lowest BCUT2D eigenvalue weighted by Crippen LogP contribution is -2.14. The second-order valence-corrected chi connectivity index (χ2v) is 8.29. The molecule has 0 aliphatic heterocycles. The van der Waals surface area contributed by atoms with Crippen molar-refractivity contribution in [2.24, 2.45) is 11.8 Å². The summed E-state index contributed by atoms with van der Waals surface area (Å²) in [4.78, 5) is 0. The van der Waals surface area contributed by atoms with E-state index in [9.17, 15) is 17.6 Å². The van der Waals surface area contributed by atoms with Gasteiger partial charge in [0.15, 0.2) is 23.3 Å². The van der Waals surface area contributed by atoms with Crippen LogP contribution in [0.3, 0.4) is 0 Å². The van der Waals surface area contributed by atoms with Crippen molar-refractivity contribution in [3.8, 4) is 11.1 Å². The summed E-state index contributed by atoms with van der Waals surface area (Å²) in [5.74, 6) is -2.97. The van der Waals surface area contributed by atoms with Crippen LogP contribution in [0.2, 0.25) is 0 Å². The third-order valence-corrected chi connectivity index (χ3v) is 6.51. The first kappa shape index (κ1) is 19.2. The maximum absolute atomic E-state index is 14.8. The number of hydrogen-bond donors (Lipinski definition) is 0. The van der Waals surface area contributed by atoms with Crippen molar-refractivity contribution in [1.29, 1.82) is 0 Å². The summed E-state index contributed by atoms with van der Waals surface area (Å²) in [6, 6.07) is 3.18. The van der Waals surface area contributed by atoms with Crippen LogP contribution in [-0.4, -0.2) is 0 Å². The maximum Gasteiger partial charge on any atom is 0.167 e. The van der Waals surface area contributed by atoms with E-state index in [0.717, 1.165) is 32.1 Å². The molecule has 4 rings (SSSR count). The van der Waals surface area contributed by atoms with Crippen molar-refractivity contribution >= 4 is 0 Å². The Labute approximate surface area is 163 Å². The highest BCUT2D eigenvalue weighted by atomic mass is 19.2. The SMILES string of the molecule is C=CC1CCC(CCc2cc3c(c(F)c2F)-c2c(cc(C)c(F)c2F)C3)CC1. The summed E-state index contributed by atoms with van der Waals surface area (Å²) >= 11 is 0. The zero-order valence-corrected chi connectivity index (χ0v) is 16.1. The zero-order chi connectivity index (χ0) is 20.0. The fraction of sp³-hybridized carbons (Fsp3) is 0.417. The van der Waals surface area contributed by atoms with Gasteiger partial charge in [-0.2, -0.15) is 0 Å². The molecule has 2 aliphatic carbocycles. The average molecular weight is 388 g/mol. The number of rotatable bonds is 4. The van der Waals surface area contributed by atoms with Gasteiger partial charge in [0.2, 0.25) is 0 Å². The van der Waals surface area contributed by atoms with Crippen LogP contribution < -0.4 is 0 Å². The van der Waals surface area contributed by atoms with E-state index < -0.39 is 23.3 Å².